The van der Waals surface area contributed by atoms with Crippen LogP contribution in [0.5, 0.6) is 11.5 Å². The van der Waals surface area contributed by atoms with Crippen LogP contribution >= 0.6 is 0 Å². The molecule has 0 atom stereocenters. The Morgan fingerprint density at radius 3 is 2.08 bits per heavy atom. The van der Waals surface area contributed by atoms with E-state index >= 15 is 0 Å². The maximum atomic E-state index is 13.4. The molecule has 1 aliphatic rings. The van der Waals surface area contributed by atoms with Crippen molar-refractivity contribution in [2.75, 3.05) is 31.0 Å². The van der Waals surface area contributed by atoms with Crippen molar-refractivity contribution < 1.29 is 28.6 Å². The zero-order chi connectivity index (χ0) is 28.1. The number of methoxy groups -OCH3 is 2. The zero-order valence-electron chi connectivity index (χ0n) is 22.5. The van der Waals surface area contributed by atoms with Crippen LogP contribution < -0.4 is 19.7 Å². The van der Waals surface area contributed by atoms with E-state index in [0.717, 1.165) is 22.4 Å². The monoisotopic (exact) mass is 526 g/mol. The second-order valence-electron chi connectivity index (χ2n) is 9.13. The van der Waals surface area contributed by atoms with E-state index in [-0.39, 0.29) is 18.1 Å². The Morgan fingerprint density at radius 2 is 1.49 bits per heavy atom. The third-order valence-corrected chi connectivity index (χ3v) is 6.18. The lowest BCUT2D eigenvalue weighted by molar-refractivity contribution is -0.137. The standard InChI is InChI=1S/C31H30N2O6/c1-19-14-20(2)16-24(15-19)33-21(3)29(31(36)38-5)30(35)27(33)17-22-6-10-26(11-7-22)39-18-28(34)32-23-8-12-25(37-4)13-9-23/h6-17H,18H2,1-5H3,(H,32,34)/b27-17-. The fraction of sp³-hybridized carbons (Fsp3) is 0.194. The van der Waals surface area contributed by atoms with Crippen molar-refractivity contribution in [3.8, 4) is 11.5 Å². The number of rotatable bonds is 8. The summed E-state index contributed by atoms with van der Waals surface area (Å²) in [6.07, 6.45) is 1.72. The van der Waals surface area contributed by atoms with Gasteiger partial charge in [-0.15, -0.1) is 0 Å². The molecule has 8 nitrogen and oxygen atoms in total. The first kappa shape index (κ1) is 27.2. The summed E-state index contributed by atoms with van der Waals surface area (Å²) in [5, 5.41) is 2.76. The highest BCUT2D eigenvalue weighted by molar-refractivity contribution is 6.30. The number of Topliss-reactive ketones (excluding diaryl/α,β-unsaturated/α-hetero) is 1. The molecule has 39 heavy (non-hydrogen) atoms. The van der Waals surface area contributed by atoms with Crippen LogP contribution in [0.25, 0.3) is 6.08 Å². The summed E-state index contributed by atoms with van der Waals surface area (Å²) < 4.78 is 15.6. The number of hydrogen-bond acceptors (Lipinski definition) is 7. The molecule has 200 valence electrons. The largest absolute Gasteiger partial charge is 0.497 e. The molecule has 0 saturated carbocycles. The number of nitrogens with zero attached hydrogens (tertiary/aromatic N) is 1. The zero-order valence-corrected chi connectivity index (χ0v) is 22.5. The highest BCUT2D eigenvalue weighted by Gasteiger charge is 2.38. The lowest BCUT2D eigenvalue weighted by Crippen LogP contribution is -2.20. The van der Waals surface area contributed by atoms with E-state index in [1.807, 2.05) is 32.0 Å². The van der Waals surface area contributed by atoms with E-state index in [9.17, 15) is 14.4 Å². The van der Waals surface area contributed by atoms with Crippen molar-refractivity contribution in [1.29, 1.82) is 0 Å². The molecule has 1 N–H and O–H groups in total. The number of anilines is 2. The Morgan fingerprint density at radius 1 is 0.872 bits per heavy atom. The molecule has 0 saturated heterocycles. The first-order valence-electron chi connectivity index (χ1n) is 12.3. The molecule has 3 aromatic carbocycles. The molecule has 1 amide bonds. The molecule has 0 aliphatic carbocycles. The number of hydrogen-bond donors (Lipinski definition) is 1. The number of nitrogens with one attached hydrogen (secondary N) is 1. The van der Waals surface area contributed by atoms with Crippen LogP contribution in [0, 0.1) is 13.8 Å². The van der Waals surface area contributed by atoms with Crippen LogP contribution in [0.15, 0.2) is 83.7 Å². The van der Waals surface area contributed by atoms with Crippen LogP contribution in [0.1, 0.15) is 23.6 Å². The fourth-order valence-corrected chi connectivity index (χ4v) is 4.41. The van der Waals surface area contributed by atoms with Gasteiger partial charge in [0.1, 0.15) is 17.1 Å². The lowest BCUT2D eigenvalue weighted by Gasteiger charge is -2.22. The van der Waals surface area contributed by atoms with Crippen molar-refractivity contribution in [3.63, 3.8) is 0 Å². The van der Waals surface area contributed by atoms with E-state index in [4.69, 9.17) is 14.2 Å². The van der Waals surface area contributed by atoms with Crippen molar-refractivity contribution in [2.24, 2.45) is 0 Å². The molecule has 0 bridgehead atoms. The van der Waals surface area contributed by atoms with Gasteiger partial charge in [0.15, 0.2) is 6.61 Å². The van der Waals surface area contributed by atoms with Crippen LogP contribution in [-0.2, 0) is 19.1 Å². The Labute approximate surface area is 227 Å². The predicted octanol–water partition coefficient (Wildman–Crippen LogP) is 5.21. The van der Waals surface area contributed by atoms with Gasteiger partial charge < -0.3 is 24.4 Å². The molecule has 0 unspecified atom stereocenters. The molecule has 1 heterocycles. The SMILES string of the molecule is COC(=O)C1=C(C)N(c2cc(C)cc(C)c2)/C(=C\c2ccc(OCC(=O)Nc3ccc(OC)cc3)cc2)C1=O. The minimum absolute atomic E-state index is 0.00531. The number of esters is 1. The number of carbonyl (C=O) groups excluding carboxylic acids is 3. The van der Waals surface area contributed by atoms with Gasteiger partial charge in [0.05, 0.1) is 19.9 Å². The van der Waals surface area contributed by atoms with Gasteiger partial charge in [-0.2, -0.15) is 0 Å². The second kappa shape index (κ2) is 11.7. The Hall–Kier alpha value is -4.85. The molecule has 0 spiro atoms. The summed E-state index contributed by atoms with van der Waals surface area (Å²) in [5.74, 6) is -0.191. The van der Waals surface area contributed by atoms with Gasteiger partial charge in [0.2, 0.25) is 5.78 Å². The van der Waals surface area contributed by atoms with Crippen molar-refractivity contribution in [3.05, 3.63) is 100 Å². The summed E-state index contributed by atoms with van der Waals surface area (Å²) in [6, 6.07) is 20.0. The highest BCUT2D eigenvalue weighted by Crippen LogP contribution is 2.36. The Kier molecular flexibility index (Phi) is 8.15. The van der Waals surface area contributed by atoms with Gasteiger partial charge in [-0.05, 0) is 92.1 Å². The number of aryl methyl sites for hydroxylation is 2. The van der Waals surface area contributed by atoms with Gasteiger partial charge in [0, 0.05) is 17.1 Å². The molecule has 0 radical (unpaired) electrons. The third kappa shape index (κ3) is 6.18. The molecule has 8 heteroatoms. The van der Waals surface area contributed by atoms with Crippen molar-refractivity contribution in [2.45, 2.75) is 20.8 Å². The maximum Gasteiger partial charge on any atom is 0.343 e. The van der Waals surface area contributed by atoms with Gasteiger partial charge >= 0.3 is 5.97 Å². The van der Waals surface area contributed by atoms with Crippen LogP contribution in [0.3, 0.4) is 0 Å². The smallest absolute Gasteiger partial charge is 0.343 e. The molecule has 3 aromatic rings. The van der Waals surface area contributed by atoms with E-state index in [0.29, 0.717) is 28.6 Å². The lowest BCUT2D eigenvalue weighted by atomic mass is 10.1. The number of ketones is 1. The molecular weight excluding hydrogens is 496 g/mol. The summed E-state index contributed by atoms with van der Waals surface area (Å²) in [6.45, 7) is 5.52. The van der Waals surface area contributed by atoms with Crippen LogP contribution in [0.4, 0.5) is 11.4 Å². The van der Waals surface area contributed by atoms with Crippen molar-refractivity contribution >= 4 is 35.1 Å². The Bertz CT molecular complexity index is 1450. The van der Waals surface area contributed by atoms with Gasteiger partial charge in [-0.25, -0.2) is 4.79 Å². The third-order valence-electron chi connectivity index (χ3n) is 6.18. The molecular formula is C31H30N2O6. The molecule has 4 rings (SSSR count). The highest BCUT2D eigenvalue weighted by atomic mass is 16.5. The fourth-order valence-electron chi connectivity index (χ4n) is 4.41. The van der Waals surface area contributed by atoms with Crippen LogP contribution in [0.2, 0.25) is 0 Å². The number of ether oxygens (including phenoxy) is 3. The number of carbonyl (C=O) groups is 3. The first-order valence-corrected chi connectivity index (χ1v) is 12.3. The number of benzene rings is 3. The summed E-state index contributed by atoms with van der Waals surface area (Å²) >= 11 is 0. The predicted molar refractivity (Wildman–Crippen MR) is 150 cm³/mol. The van der Waals surface area contributed by atoms with Gasteiger partial charge in [-0.1, -0.05) is 18.2 Å². The van der Waals surface area contributed by atoms with E-state index < -0.39 is 11.8 Å². The van der Waals surface area contributed by atoms with Crippen molar-refractivity contribution in [1.82, 2.24) is 0 Å². The number of amides is 1. The summed E-state index contributed by atoms with van der Waals surface area (Å²) in [4.78, 5) is 39.9. The van der Waals surface area contributed by atoms with Gasteiger partial charge in [-0.3, -0.25) is 9.59 Å². The van der Waals surface area contributed by atoms with Gasteiger partial charge in [0.25, 0.3) is 5.91 Å². The minimum atomic E-state index is -0.674. The topological polar surface area (TPSA) is 94.2 Å². The molecule has 0 aromatic heterocycles. The normalized spacial score (nSPS) is 14.0. The average Bonchev–Trinajstić information content (AvgIpc) is 3.16. The summed E-state index contributed by atoms with van der Waals surface area (Å²) in [5.41, 5.74) is 5.06. The summed E-state index contributed by atoms with van der Waals surface area (Å²) in [7, 11) is 2.84. The minimum Gasteiger partial charge on any atom is -0.497 e. The number of allylic oxidation sites excluding steroid dienone is 2. The first-order chi connectivity index (χ1) is 18.7. The average molecular weight is 527 g/mol. The maximum absolute atomic E-state index is 13.4. The second-order valence-corrected chi connectivity index (χ2v) is 9.13. The van der Waals surface area contributed by atoms with Crippen LogP contribution in [-0.4, -0.2) is 38.5 Å². The molecule has 1 aliphatic heterocycles. The van der Waals surface area contributed by atoms with E-state index in [2.05, 4.69) is 5.32 Å². The molecule has 0 fully saturated rings. The Balaban J connectivity index is 1.51. The van der Waals surface area contributed by atoms with E-state index in [1.54, 1.807) is 73.5 Å². The van der Waals surface area contributed by atoms with E-state index in [1.165, 1.54) is 7.11 Å². The quantitative estimate of drug-likeness (QED) is 0.245.